The van der Waals surface area contributed by atoms with Crippen molar-refractivity contribution < 1.29 is 14.6 Å². The van der Waals surface area contributed by atoms with Gasteiger partial charge in [0.25, 0.3) is 0 Å². The van der Waals surface area contributed by atoms with E-state index in [1.807, 2.05) is 24.3 Å². The van der Waals surface area contributed by atoms with Gasteiger partial charge in [0.1, 0.15) is 0 Å². The molecule has 162 valence electrons. The van der Waals surface area contributed by atoms with Crippen molar-refractivity contribution in [1.29, 1.82) is 0 Å². The quantitative estimate of drug-likeness (QED) is 0.596. The number of hydrogen-bond acceptors (Lipinski definition) is 3. The molecule has 30 heavy (non-hydrogen) atoms. The molecule has 0 fully saturated rings. The highest BCUT2D eigenvalue weighted by atomic mass is 16.5. The fourth-order valence-corrected chi connectivity index (χ4v) is 3.36. The predicted octanol–water partition coefficient (Wildman–Crippen LogP) is 6.00. The third-order valence-electron chi connectivity index (χ3n) is 5.45. The first-order valence-electron chi connectivity index (χ1n) is 10.6. The van der Waals surface area contributed by atoms with Crippen LogP contribution in [-0.2, 0) is 20.4 Å². The maximum atomic E-state index is 11.7. The molecule has 2 atom stereocenters. The predicted molar refractivity (Wildman–Crippen MR) is 125 cm³/mol. The summed E-state index contributed by atoms with van der Waals surface area (Å²) in [5.74, 6) is -0.720. The molecule has 0 amide bonds. The minimum Gasteiger partial charge on any atom is -0.469 e. The number of hydrogen-bond donors (Lipinski definition) is 1. The third-order valence-corrected chi connectivity index (χ3v) is 5.45. The number of ether oxygens (including phenoxy) is 1. The lowest BCUT2D eigenvalue weighted by atomic mass is 9.84. The first kappa shape index (κ1) is 23.9. The summed E-state index contributed by atoms with van der Waals surface area (Å²) >= 11 is 0. The fourth-order valence-electron chi connectivity index (χ4n) is 3.36. The fraction of sp³-hybridized carbons (Fsp3) is 0.444. The van der Waals surface area contributed by atoms with Crippen molar-refractivity contribution in [3.05, 3.63) is 76.9 Å². The summed E-state index contributed by atoms with van der Waals surface area (Å²) in [7, 11) is 1.34. The molecule has 0 saturated heterocycles. The van der Waals surface area contributed by atoms with Gasteiger partial charge in [0.15, 0.2) is 0 Å². The third kappa shape index (κ3) is 6.56. The Labute approximate surface area is 181 Å². The number of carbonyl (C=O) groups excluding carboxylic acids is 1. The normalized spacial score (nSPS) is 14.5. The Kier molecular flexibility index (Phi) is 7.65. The molecule has 0 aliphatic carbocycles. The molecule has 2 aromatic rings. The lowest BCUT2D eigenvalue weighted by molar-refractivity contribution is -0.142. The van der Waals surface area contributed by atoms with Crippen LogP contribution < -0.4 is 0 Å². The molecule has 0 heterocycles. The summed E-state index contributed by atoms with van der Waals surface area (Å²) in [6, 6.07) is 16.7. The van der Waals surface area contributed by atoms with Crippen LogP contribution in [0.3, 0.4) is 0 Å². The first-order chi connectivity index (χ1) is 13.9. The maximum Gasteiger partial charge on any atom is 0.308 e. The summed E-state index contributed by atoms with van der Waals surface area (Å²) in [5, 5.41) is 10.8. The Balaban J connectivity index is 2.31. The summed E-state index contributed by atoms with van der Waals surface area (Å²) in [5.41, 5.74) is 4.71. The van der Waals surface area contributed by atoms with Crippen molar-refractivity contribution >= 4 is 12.0 Å². The van der Waals surface area contributed by atoms with Crippen LogP contribution >= 0.6 is 0 Å². The van der Waals surface area contributed by atoms with Gasteiger partial charge >= 0.3 is 5.97 Å². The zero-order valence-corrected chi connectivity index (χ0v) is 19.4. The Morgan fingerprint density at radius 3 is 1.80 bits per heavy atom. The van der Waals surface area contributed by atoms with Crippen molar-refractivity contribution in [2.75, 3.05) is 7.11 Å². The summed E-state index contributed by atoms with van der Waals surface area (Å²) in [6.45, 7) is 13.1. The van der Waals surface area contributed by atoms with Gasteiger partial charge in [-0.3, -0.25) is 4.79 Å². The number of esters is 1. The second-order valence-corrected chi connectivity index (χ2v) is 9.98. The molecule has 1 N–H and O–H groups in total. The molecular formula is C27H36O3. The maximum absolute atomic E-state index is 11.7. The highest BCUT2D eigenvalue weighted by molar-refractivity contribution is 5.70. The molecule has 3 heteroatoms. The van der Waals surface area contributed by atoms with Gasteiger partial charge in [-0.2, -0.15) is 0 Å². The number of methoxy groups -OCH3 is 1. The van der Waals surface area contributed by atoms with Gasteiger partial charge in [-0.25, -0.2) is 0 Å². The number of aliphatic hydroxyl groups is 1. The molecule has 0 unspecified atom stereocenters. The standard InChI is InChI=1S/C27H36O3/c1-26(2,3)21-13-8-19(9-14-21)10-17-23(24(28)18-25(29)30-7)20-11-15-22(16-12-20)27(4,5)6/h8-17,23-24,28H,18H2,1-7H3/b17-10+/t23-,24-/m1/s1. The number of rotatable bonds is 6. The summed E-state index contributed by atoms with van der Waals surface area (Å²) in [4.78, 5) is 11.7. The van der Waals surface area contributed by atoms with Gasteiger partial charge in [-0.15, -0.1) is 0 Å². The lowest BCUT2D eigenvalue weighted by Gasteiger charge is -2.23. The van der Waals surface area contributed by atoms with Crippen LogP contribution in [0.5, 0.6) is 0 Å². The molecule has 2 rings (SSSR count). The number of carbonyl (C=O) groups is 1. The monoisotopic (exact) mass is 408 g/mol. The molecule has 0 radical (unpaired) electrons. The van der Waals surface area contributed by atoms with Crippen LogP contribution in [0.15, 0.2) is 54.6 Å². The van der Waals surface area contributed by atoms with Gasteiger partial charge in [-0.05, 0) is 33.1 Å². The van der Waals surface area contributed by atoms with Crippen molar-refractivity contribution in [1.82, 2.24) is 0 Å². The van der Waals surface area contributed by atoms with E-state index in [-0.39, 0.29) is 23.2 Å². The van der Waals surface area contributed by atoms with E-state index >= 15 is 0 Å². The van der Waals surface area contributed by atoms with E-state index in [1.165, 1.54) is 18.2 Å². The van der Waals surface area contributed by atoms with Crippen molar-refractivity contribution in [2.24, 2.45) is 0 Å². The molecular weight excluding hydrogens is 372 g/mol. The first-order valence-corrected chi connectivity index (χ1v) is 10.6. The van der Waals surface area contributed by atoms with E-state index < -0.39 is 12.1 Å². The van der Waals surface area contributed by atoms with Crippen LogP contribution in [-0.4, -0.2) is 24.3 Å². The van der Waals surface area contributed by atoms with Crippen LogP contribution in [0.1, 0.15) is 76.1 Å². The molecule has 0 spiro atoms. The lowest BCUT2D eigenvalue weighted by Crippen LogP contribution is -2.22. The number of aliphatic hydroxyl groups excluding tert-OH is 1. The van der Waals surface area contributed by atoms with Gasteiger partial charge < -0.3 is 9.84 Å². The zero-order valence-electron chi connectivity index (χ0n) is 19.4. The van der Waals surface area contributed by atoms with E-state index in [0.717, 1.165) is 11.1 Å². The van der Waals surface area contributed by atoms with Crippen LogP contribution in [0.25, 0.3) is 6.08 Å². The SMILES string of the molecule is COC(=O)C[C@@H](O)[C@H](/C=C/c1ccc(C(C)(C)C)cc1)c1ccc(C(C)(C)C)cc1. The second-order valence-electron chi connectivity index (χ2n) is 9.98. The molecule has 0 aliphatic rings. The minimum atomic E-state index is -0.858. The van der Waals surface area contributed by atoms with Crippen molar-refractivity contribution in [2.45, 2.75) is 70.8 Å². The van der Waals surface area contributed by atoms with Gasteiger partial charge in [0.2, 0.25) is 0 Å². The minimum absolute atomic E-state index is 0.0461. The van der Waals surface area contributed by atoms with E-state index in [2.05, 4.69) is 77.9 Å². The van der Waals surface area contributed by atoms with Gasteiger partial charge in [-0.1, -0.05) is 102 Å². The summed E-state index contributed by atoms with van der Waals surface area (Å²) in [6.07, 6.45) is 3.08. The average molecular weight is 409 g/mol. The van der Waals surface area contributed by atoms with E-state index in [4.69, 9.17) is 4.74 Å². The summed E-state index contributed by atoms with van der Waals surface area (Å²) < 4.78 is 4.76. The molecule has 0 aliphatic heterocycles. The Morgan fingerprint density at radius 2 is 1.37 bits per heavy atom. The van der Waals surface area contributed by atoms with E-state index in [1.54, 1.807) is 0 Å². The molecule has 0 bridgehead atoms. The van der Waals surface area contributed by atoms with Gasteiger partial charge in [0, 0.05) is 5.92 Å². The van der Waals surface area contributed by atoms with Crippen LogP contribution in [0.4, 0.5) is 0 Å². The Morgan fingerprint density at radius 1 is 0.900 bits per heavy atom. The molecule has 0 aromatic heterocycles. The average Bonchev–Trinajstić information content (AvgIpc) is 2.67. The van der Waals surface area contributed by atoms with Crippen molar-refractivity contribution in [3.63, 3.8) is 0 Å². The van der Waals surface area contributed by atoms with Crippen molar-refractivity contribution in [3.8, 4) is 0 Å². The van der Waals surface area contributed by atoms with E-state index in [0.29, 0.717) is 0 Å². The van der Waals surface area contributed by atoms with Crippen LogP contribution in [0.2, 0.25) is 0 Å². The smallest absolute Gasteiger partial charge is 0.308 e. The Hall–Kier alpha value is -2.39. The topological polar surface area (TPSA) is 46.5 Å². The molecule has 3 nitrogen and oxygen atoms in total. The zero-order chi connectivity index (χ0) is 22.5. The second kappa shape index (κ2) is 9.61. The van der Waals surface area contributed by atoms with Crippen LogP contribution in [0, 0.1) is 0 Å². The van der Waals surface area contributed by atoms with E-state index in [9.17, 15) is 9.90 Å². The molecule has 2 aromatic carbocycles. The molecule has 0 saturated carbocycles. The number of benzene rings is 2. The highest BCUT2D eigenvalue weighted by Gasteiger charge is 2.23. The van der Waals surface area contributed by atoms with Gasteiger partial charge in [0.05, 0.1) is 19.6 Å². The Bertz CT molecular complexity index is 847. The largest absolute Gasteiger partial charge is 0.469 e. The highest BCUT2D eigenvalue weighted by Crippen LogP contribution is 2.29.